The van der Waals surface area contributed by atoms with Gasteiger partial charge in [0.05, 0.1) is 0 Å². The SMILES string of the molecule is [CH2]C(NCCCCC)c1ccccc1. The number of hydrogen-bond acceptors (Lipinski definition) is 1. The van der Waals surface area contributed by atoms with E-state index < -0.39 is 0 Å². The molecule has 14 heavy (non-hydrogen) atoms. The molecule has 0 fully saturated rings. The van der Waals surface area contributed by atoms with Gasteiger partial charge in [0.15, 0.2) is 0 Å². The molecule has 77 valence electrons. The van der Waals surface area contributed by atoms with Gasteiger partial charge < -0.3 is 5.32 Å². The van der Waals surface area contributed by atoms with Crippen LogP contribution >= 0.6 is 0 Å². The van der Waals surface area contributed by atoms with Crippen LogP contribution in [0.3, 0.4) is 0 Å². The fraction of sp³-hybridized carbons (Fsp3) is 0.462. The molecule has 0 aliphatic carbocycles. The molecule has 1 radical (unpaired) electrons. The summed E-state index contributed by atoms with van der Waals surface area (Å²) in [7, 11) is 0. The summed E-state index contributed by atoms with van der Waals surface area (Å²) in [5.41, 5.74) is 1.27. The van der Waals surface area contributed by atoms with Gasteiger partial charge in [0.1, 0.15) is 0 Å². The van der Waals surface area contributed by atoms with Crippen LogP contribution in [0.1, 0.15) is 37.8 Å². The van der Waals surface area contributed by atoms with Gasteiger partial charge in [-0.2, -0.15) is 0 Å². The van der Waals surface area contributed by atoms with Crippen LogP contribution in [-0.2, 0) is 0 Å². The Balaban J connectivity index is 2.25. The van der Waals surface area contributed by atoms with Crippen LogP contribution < -0.4 is 5.32 Å². The molecule has 0 bridgehead atoms. The third-order valence-corrected chi connectivity index (χ3v) is 2.37. The van der Waals surface area contributed by atoms with Crippen molar-refractivity contribution in [2.75, 3.05) is 6.54 Å². The summed E-state index contributed by atoms with van der Waals surface area (Å²) in [5.74, 6) is 0. The molecule has 0 amide bonds. The zero-order chi connectivity index (χ0) is 10.2. The lowest BCUT2D eigenvalue weighted by Crippen LogP contribution is -2.19. The predicted octanol–water partition coefficient (Wildman–Crippen LogP) is 3.34. The molecule has 0 saturated heterocycles. The van der Waals surface area contributed by atoms with Crippen molar-refractivity contribution in [1.29, 1.82) is 0 Å². The first-order chi connectivity index (χ1) is 6.84. The van der Waals surface area contributed by atoms with Crippen molar-refractivity contribution >= 4 is 0 Å². The van der Waals surface area contributed by atoms with Gasteiger partial charge >= 0.3 is 0 Å². The monoisotopic (exact) mass is 190 g/mol. The largest absolute Gasteiger partial charge is 0.310 e. The Labute approximate surface area is 87.5 Å². The Kier molecular flexibility index (Phi) is 5.31. The van der Waals surface area contributed by atoms with Crippen molar-refractivity contribution in [3.05, 3.63) is 42.8 Å². The quantitative estimate of drug-likeness (QED) is 0.678. The van der Waals surface area contributed by atoms with Crippen LogP contribution in [-0.4, -0.2) is 6.54 Å². The van der Waals surface area contributed by atoms with Crippen molar-refractivity contribution in [3.8, 4) is 0 Å². The van der Waals surface area contributed by atoms with Gasteiger partial charge in [0.25, 0.3) is 0 Å². The molecule has 1 rings (SSSR count). The highest BCUT2D eigenvalue weighted by molar-refractivity contribution is 5.19. The van der Waals surface area contributed by atoms with Gasteiger partial charge in [-0.25, -0.2) is 0 Å². The summed E-state index contributed by atoms with van der Waals surface area (Å²) < 4.78 is 0. The van der Waals surface area contributed by atoms with Crippen molar-refractivity contribution in [3.63, 3.8) is 0 Å². The van der Waals surface area contributed by atoms with Crippen LogP contribution in [0.2, 0.25) is 0 Å². The summed E-state index contributed by atoms with van der Waals surface area (Å²) in [6.07, 6.45) is 3.82. The fourth-order valence-electron chi connectivity index (χ4n) is 1.45. The van der Waals surface area contributed by atoms with Crippen molar-refractivity contribution in [2.24, 2.45) is 0 Å². The van der Waals surface area contributed by atoms with E-state index in [1.54, 1.807) is 0 Å². The van der Waals surface area contributed by atoms with Gasteiger partial charge in [0, 0.05) is 6.04 Å². The third-order valence-electron chi connectivity index (χ3n) is 2.37. The van der Waals surface area contributed by atoms with E-state index in [4.69, 9.17) is 0 Å². The van der Waals surface area contributed by atoms with E-state index in [0.717, 1.165) is 6.54 Å². The molecular formula is C13H20N. The van der Waals surface area contributed by atoms with Gasteiger partial charge in [-0.15, -0.1) is 0 Å². The first-order valence-corrected chi connectivity index (χ1v) is 5.46. The van der Waals surface area contributed by atoms with Gasteiger partial charge in [0.2, 0.25) is 0 Å². The second-order valence-electron chi connectivity index (χ2n) is 3.62. The molecule has 1 N–H and O–H groups in total. The minimum atomic E-state index is 0.230. The maximum Gasteiger partial charge on any atom is 0.0320 e. The van der Waals surface area contributed by atoms with E-state index in [9.17, 15) is 0 Å². The summed E-state index contributed by atoms with van der Waals surface area (Å²) in [6, 6.07) is 10.6. The van der Waals surface area contributed by atoms with Crippen LogP contribution in [0.4, 0.5) is 0 Å². The molecule has 0 spiro atoms. The minimum Gasteiger partial charge on any atom is -0.310 e. The Bertz CT molecular complexity index is 230. The predicted molar refractivity (Wildman–Crippen MR) is 62.1 cm³/mol. The van der Waals surface area contributed by atoms with Crippen molar-refractivity contribution in [1.82, 2.24) is 5.32 Å². The smallest absolute Gasteiger partial charge is 0.0320 e. The zero-order valence-corrected chi connectivity index (χ0v) is 9.00. The lowest BCUT2D eigenvalue weighted by atomic mass is 10.1. The Morgan fingerprint density at radius 2 is 1.93 bits per heavy atom. The highest BCUT2D eigenvalue weighted by atomic mass is 14.9. The summed E-state index contributed by atoms with van der Waals surface area (Å²) in [6.45, 7) is 7.38. The first kappa shape index (κ1) is 11.3. The summed E-state index contributed by atoms with van der Waals surface area (Å²) in [4.78, 5) is 0. The molecule has 0 aliphatic rings. The fourth-order valence-corrected chi connectivity index (χ4v) is 1.45. The molecule has 0 aliphatic heterocycles. The number of benzene rings is 1. The Morgan fingerprint density at radius 3 is 2.57 bits per heavy atom. The molecular weight excluding hydrogens is 170 g/mol. The molecule has 0 saturated carbocycles. The van der Waals surface area contributed by atoms with Gasteiger partial charge in [-0.05, 0) is 25.5 Å². The Morgan fingerprint density at radius 1 is 1.21 bits per heavy atom. The normalized spacial score (nSPS) is 12.7. The van der Waals surface area contributed by atoms with Gasteiger partial charge in [-0.1, -0.05) is 50.1 Å². The van der Waals surface area contributed by atoms with E-state index in [-0.39, 0.29) is 6.04 Å². The van der Waals surface area contributed by atoms with Crippen LogP contribution in [0.15, 0.2) is 30.3 Å². The van der Waals surface area contributed by atoms with Crippen molar-refractivity contribution in [2.45, 2.75) is 32.2 Å². The van der Waals surface area contributed by atoms with Crippen molar-refractivity contribution < 1.29 is 0 Å². The maximum atomic E-state index is 4.09. The van der Waals surface area contributed by atoms with Gasteiger partial charge in [-0.3, -0.25) is 0 Å². The third kappa shape index (κ3) is 3.93. The standard InChI is InChI=1S/C13H20N/c1-3-4-8-11-14-12(2)13-9-6-5-7-10-13/h5-7,9-10,12,14H,2-4,8,11H2,1H3. The number of unbranched alkanes of at least 4 members (excludes halogenated alkanes) is 2. The van der Waals surface area contributed by atoms with E-state index in [1.165, 1.54) is 24.8 Å². The lowest BCUT2D eigenvalue weighted by molar-refractivity contribution is 0.573. The first-order valence-electron chi connectivity index (χ1n) is 5.46. The molecule has 1 heteroatoms. The highest BCUT2D eigenvalue weighted by Gasteiger charge is 2.01. The van der Waals surface area contributed by atoms with Crippen LogP contribution in [0.25, 0.3) is 0 Å². The zero-order valence-electron chi connectivity index (χ0n) is 9.00. The number of rotatable bonds is 6. The average molecular weight is 190 g/mol. The topological polar surface area (TPSA) is 12.0 Å². The molecule has 1 aromatic rings. The summed E-state index contributed by atoms with van der Waals surface area (Å²) in [5, 5.41) is 3.42. The second-order valence-corrected chi connectivity index (χ2v) is 3.62. The number of nitrogens with one attached hydrogen (secondary N) is 1. The van der Waals surface area contributed by atoms with Crippen LogP contribution in [0, 0.1) is 6.92 Å². The van der Waals surface area contributed by atoms with Crippen LogP contribution in [0.5, 0.6) is 0 Å². The molecule has 1 atom stereocenters. The molecule has 1 nitrogen and oxygen atoms in total. The van der Waals surface area contributed by atoms with E-state index >= 15 is 0 Å². The lowest BCUT2D eigenvalue weighted by Gasteiger charge is -2.13. The van der Waals surface area contributed by atoms with E-state index in [1.807, 2.05) is 6.07 Å². The molecule has 1 unspecified atom stereocenters. The Hall–Kier alpha value is -0.820. The molecule has 0 aromatic heterocycles. The minimum absolute atomic E-state index is 0.230. The average Bonchev–Trinajstić information content (AvgIpc) is 2.25. The second kappa shape index (κ2) is 6.61. The van der Waals surface area contributed by atoms with E-state index in [0.29, 0.717) is 0 Å². The molecule has 1 aromatic carbocycles. The van der Waals surface area contributed by atoms with E-state index in [2.05, 4.69) is 43.4 Å². The number of hydrogen-bond donors (Lipinski definition) is 1. The maximum absolute atomic E-state index is 4.09. The molecule has 0 heterocycles. The highest BCUT2D eigenvalue weighted by Crippen LogP contribution is 2.10. The summed E-state index contributed by atoms with van der Waals surface area (Å²) >= 11 is 0.